The highest BCUT2D eigenvalue weighted by Gasteiger charge is 2.12. The first-order valence-electron chi connectivity index (χ1n) is 7.05. The average molecular weight is 268 g/mol. The van der Waals surface area contributed by atoms with Crippen molar-refractivity contribution < 1.29 is 0 Å². The minimum atomic E-state index is 0.617. The molecule has 1 heterocycles. The number of hydrogen-bond donors (Lipinski definition) is 1. The molecule has 0 aliphatic rings. The molecule has 2 nitrogen and oxygen atoms in total. The Labute approximate surface area is 116 Å². The van der Waals surface area contributed by atoms with Crippen LogP contribution >= 0.6 is 11.3 Å². The first-order valence-corrected chi connectivity index (χ1v) is 7.87. The van der Waals surface area contributed by atoms with Gasteiger partial charge in [-0.05, 0) is 38.4 Å². The fourth-order valence-corrected chi connectivity index (χ4v) is 2.99. The molecule has 104 valence electrons. The lowest BCUT2D eigenvalue weighted by Gasteiger charge is -2.27. The van der Waals surface area contributed by atoms with Crippen LogP contribution in [0, 0.1) is 5.92 Å². The van der Waals surface area contributed by atoms with Crippen LogP contribution in [0.25, 0.3) is 0 Å². The van der Waals surface area contributed by atoms with Gasteiger partial charge in [0.25, 0.3) is 0 Å². The highest BCUT2D eigenvalue weighted by Crippen LogP contribution is 2.20. The van der Waals surface area contributed by atoms with Crippen LogP contribution in [-0.2, 0) is 13.1 Å². The highest BCUT2D eigenvalue weighted by molar-refractivity contribution is 7.11. The Morgan fingerprint density at radius 1 is 1.17 bits per heavy atom. The second-order valence-electron chi connectivity index (χ2n) is 5.57. The van der Waals surface area contributed by atoms with Crippen LogP contribution in [0.1, 0.15) is 44.4 Å². The summed E-state index contributed by atoms with van der Waals surface area (Å²) >= 11 is 1.94. The van der Waals surface area contributed by atoms with Crippen molar-refractivity contribution in [3.8, 4) is 0 Å². The summed E-state index contributed by atoms with van der Waals surface area (Å²) < 4.78 is 0. The second kappa shape index (κ2) is 7.93. The van der Waals surface area contributed by atoms with Gasteiger partial charge in [-0.15, -0.1) is 11.3 Å². The lowest BCUT2D eigenvalue weighted by molar-refractivity contribution is 0.191. The topological polar surface area (TPSA) is 15.3 Å². The van der Waals surface area contributed by atoms with Crippen LogP contribution in [0.4, 0.5) is 0 Å². The predicted molar refractivity (Wildman–Crippen MR) is 82.1 cm³/mol. The maximum Gasteiger partial charge on any atom is 0.0330 e. The third kappa shape index (κ3) is 5.51. The van der Waals surface area contributed by atoms with Gasteiger partial charge in [-0.25, -0.2) is 0 Å². The number of hydrogen-bond acceptors (Lipinski definition) is 3. The Morgan fingerprint density at radius 2 is 1.83 bits per heavy atom. The van der Waals surface area contributed by atoms with Crippen molar-refractivity contribution in [2.45, 2.75) is 53.8 Å². The average Bonchev–Trinajstić information content (AvgIpc) is 2.72. The zero-order chi connectivity index (χ0) is 13.5. The van der Waals surface area contributed by atoms with E-state index in [2.05, 4.69) is 57.0 Å². The van der Waals surface area contributed by atoms with E-state index in [1.807, 2.05) is 11.3 Å². The molecule has 0 aliphatic carbocycles. The summed E-state index contributed by atoms with van der Waals surface area (Å²) in [7, 11) is 0. The van der Waals surface area contributed by atoms with Crippen LogP contribution in [-0.4, -0.2) is 24.0 Å². The lowest BCUT2D eigenvalue weighted by atomic mass is 10.2. The molecule has 0 aromatic carbocycles. The summed E-state index contributed by atoms with van der Waals surface area (Å²) in [6.07, 6.45) is 0. The van der Waals surface area contributed by atoms with Crippen LogP contribution < -0.4 is 5.32 Å². The summed E-state index contributed by atoms with van der Waals surface area (Å²) in [5.74, 6) is 0.730. The molecule has 1 rings (SSSR count). The minimum absolute atomic E-state index is 0.617. The zero-order valence-electron chi connectivity index (χ0n) is 12.5. The summed E-state index contributed by atoms with van der Waals surface area (Å²) in [4.78, 5) is 5.49. The molecule has 0 unspecified atom stereocenters. The maximum absolute atomic E-state index is 3.38. The third-order valence-corrected chi connectivity index (χ3v) is 4.03. The van der Waals surface area contributed by atoms with Crippen molar-refractivity contribution in [1.29, 1.82) is 0 Å². The van der Waals surface area contributed by atoms with Crippen LogP contribution in [0.2, 0.25) is 0 Å². The van der Waals surface area contributed by atoms with Gasteiger partial charge < -0.3 is 5.32 Å². The first-order chi connectivity index (χ1) is 8.52. The molecular formula is C15H28N2S. The van der Waals surface area contributed by atoms with E-state index in [0.717, 1.165) is 25.6 Å². The van der Waals surface area contributed by atoms with E-state index in [1.165, 1.54) is 16.3 Å². The van der Waals surface area contributed by atoms with Crippen LogP contribution in [0.3, 0.4) is 0 Å². The Morgan fingerprint density at radius 3 is 2.39 bits per heavy atom. The second-order valence-corrected chi connectivity index (χ2v) is 6.82. The van der Waals surface area contributed by atoms with E-state index >= 15 is 0 Å². The molecule has 0 atom stereocenters. The van der Waals surface area contributed by atoms with Gasteiger partial charge in [0.05, 0.1) is 0 Å². The summed E-state index contributed by atoms with van der Waals surface area (Å²) in [5, 5.41) is 3.38. The molecule has 0 amide bonds. The van der Waals surface area contributed by atoms with Gasteiger partial charge in [0, 0.05) is 35.4 Å². The molecule has 0 saturated carbocycles. The van der Waals surface area contributed by atoms with E-state index in [-0.39, 0.29) is 0 Å². The number of nitrogens with zero attached hydrogens (tertiary/aromatic N) is 1. The quantitative estimate of drug-likeness (QED) is 0.773. The van der Waals surface area contributed by atoms with Crippen molar-refractivity contribution in [1.82, 2.24) is 10.2 Å². The number of rotatable bonds is 8. The predicted octanol–water partition coefficient (Wildman–Crippen LogP) is 3.72. The third-order valence-electron chi connectivity index (χ3n) is 2.96. The molecule has 1 aromatic heterocycles. The molecule has 1 N–H and O–H groups in total. The van der Waals surface area contributed by atoms with Crippen molar-refractivity contribution in [3.63, 3.8) is 0 Å². The molecule has 1 aromatic rings. The molecular weight excluding hydrogens is 240 g/mol. The SMILES string of the molecule is CCNCc1ccc(CN(CC(C)C)C(C)C)s1. The van der Waals surface area contributed by atoms with E-state index in [1.54, 1.807) is 0 Å². The number of nitrogens with one attached hydrogen (secondary N) is 1. The molecule has 3 heteroatoms. The Kier molecular flexibility index (Phi) is 6.90. The normalized spacial score (nSPS) is 12.0. The fourth-order valence-electron chi connectivity index (χ4n) is 1.98. The molecule has 0 bridgehead atoms. The van der Waals surface area contributed by atoms with E-state index in [9.17, 15) is 0 Å². The smallest absolute Gasteiger partial charge is 0.0330 e. The van der Waals surface area contributed by atoms with Crippen molar-refractivity contribution in [2.24, 2.45) is 5.92 Å². The van der Waals surface area contributed by atoms with E-state index in [0.29, 0.717) is 6.04 Å². The largest absolute Gasteiger partial charge is 0.312 e. The summed E-state index contributed by atoms with van der Waals surface area (Å²) in [6, 6.07) is 5.16. The Balaban J connectivity index is 2.55. The van der Waals surface area contributed by atoms with Gasteiger partial charge in [0.2, 0.25) is 0 Å². The molecule has 0 fully saturated rings. The summed E-state index contributed by atoms with van der Waals surface area (Å²) in [5.41, 5.74) is 0. The lowest BCUT2D eigenvalue weighted by Crippen LogP contribution is -2.33. The molecule has 0 aliphatic heterocycles. The number of thiophene rings is 1. The van der Waals surface area contributed by atoms with Crippen molar-refractivity contribution in [3.05, 3.63) is 21.9 Å². The van der Waals surface area contributed by atoms with E-state index in [4.69, 9.17) is 0 Å². The van der Waals surface area contributed by atoms with Crippen LogP contribution in [0.5, 0.6) is 0 Å². The van der Waals surface area contributed by atoms with Gasteiger partial charge in [0.15, 0.2) is 0 Å². The molecule has 0 saturated heterocycles. The Bertz CT molecular complexity index is 331. The monoisotopic (exact) mass is 268 g/mol. The Hall–Kier alpha value is -0.380. The summed E-state index contributed by atoms with van der Waals surface area (Å²) in [6.45, 7) is 15.6. The molecule has 0 spiro atoms. The van der Waals surface area contributed by atoms with Gasteiger partial charge in [-0.2, -0.15) is 0 Å². The fraction of sp³-hybridized carbons (Fsp3) is 0.733. The van der Waals surface area contributed by atoms with Gasteiger partial charge in [-0.3, -0.25) is 4.90 Å². The molecule has 18 heavy (non-hydrogen) atoms. The van der Waals surface area contributed by atoms with Gasteiger partial charge >= 0.3 is 0 Å². The highest BCUT2D eigenvalue weighted by atomic mass is 32.1. The zero-order valence-corrected chi connectivity index (χ0v) is 13.3. The van der Waals surface area contributed by atoms with E-state index < -0.39 is 0 Å². The van der Waals surface area contributed by atoms with Crippen LogP contribution in [0.15, 0.2) is 12.1 Å². The van der Waals surface area contributed by atoms with Crippen molar-refractivity contribution in [2.75, 3.05) is 13.1 Å². The minimum Gasteiger partial charge on any atom is -0.312 e. The van der Waals surface area contributed by atoms with Gasteiger partial charge in [-0.1, -0.05) is 20.8 Å². The first kappa shape index (κ1) is 15.7. The molecule has 0 radical (unpaired) electrons. The maximum atomic E-state index is 3.38. The van der Waals surface area contributed by atoms with Gasteiger partial charge in [0.1, 0.15) is 0 Å². The standard InChI is InChI=1S/C15H28N2S/c1-6-16-9-14-7-8-15(18-14)11-17(13(4)5)10-12(2)3/h7-8,12-13,16H,6,9-11H2,1-5H3. The van der Waals surface area contributed by atoms with Crippen molar-refractivity contribution >= 4 is 11.3 Å².